The molecule has 0 saturated carbocycles. The number of ether oxygens (including phenoxy) is 2. The van der Waals surface area contributed by atoms with Crippen molar-refractivity contribution in [2.45, 2.75) is 40.3 Å². The molecule has 0 atom stereocenters. The number of carbonyl (C=O) groups excluding carboxylic acids is 1. The lowest BCUT2D eigenvalue weighted by Crippen LogP contribution is -2.31. The molecule has 2 bridgehead atoms. The van der Waals surface area contributed by atoms with E-state index in [4.69, 9.17) is 9.47 Å². The van der Waals surface area contributed by atoms with Crippen molar-refractivity contribution in [1.82, 2.24) is 20.4 Å². The first-order valence-corrected chi connectivity index (χ1v) is 12.4. The van der Waals surface area contributed by atoms with Gasteiger partial charge in [0.15, 0.2) is 0 Å². The van der Waals surface area contributed by atoms with E-state index in [1.54, 1.807) is 0 Å². The number of amides is 1. The number of fused-ring (bicyclic) bond motifs is 3. The van der Waals surface area contributed by atoms with Crippen molar-refractivity contribution in [1.29, 1.82) is 0 Å². The second-order valence-electron chi connectivity index (χ2n) is 9.63. The number of aromatic nitrogens is 2. The molecule has 2 N–H and O–H groups in total. The van der Waals surface area contributed by atoms with E-state index >= 15 is 0 Å². The van der Waals surface area contributed by atoms with E-state index in [1.165, 1.54) is 11.1 Å². The summed E-state index contributed by atoms with van der Waals surface area (Å²) in [6.45, 7) is 11.3. The molecule has 0 unspecified atom stereocenters. The van der Waals surface area contributed by atoms with Crippen LogP contribution in [0.15, 0.2) is 48.5 Å². The normalized spacial score (nSPS) is 15.2. The Labute approximate surface area is 207 Å². The van der Waals surface area contributed by atoms with Crippen molar-refractivity contribution in [3.63, 3.8) is 0 Å². The van der Waals surface area contributed by atoms with Gasteiger partial charge in [-0.2, -0.15) is 5.10 Å². The van der Waals surface area contributed by atoms with Crippen LogP contribution >= 0.6 is 0 Å². The number of aromatic amines is 1. The average Bonchev–Trinajstić information content (AvgIpc) is 3.24. The molecule has 4 rings (SSSR count). The van der Waals surface area contributed by atoms with Gasteiger partial charge >= 0.3 is 0 Å². The predicted octanol–water partition coefficient (Wildman–Crippen LogP) is 4.11. The molecule has 7 nitrogen and oxygen atoms in total. The van der Waals surface area contributed by atoms with E-state index < -0.39 is 0 Å². The zero-order chi connectivity index (χ0) is 24.6. The first-order valence-electron chi connectivity index (χ1n) is 12.4. The summed E-state index contributed by atoms with van der Waals surface area (Å²) < 4.78 is 11.9. The van der Waals surface area contributed by atoms with Crippen molar-refractivity contribution in [2.75, 3.05) is 32.9 Å². The fraction of sp³-hybridized carbons (Fsp3) is 0.429. The molecule has 1 aromatic heterocycles. The van der Waals surface area contributed by atoms with Gasteiger partial charge < -0.3 is 14.8 Å². The maximum Gasteiger partial charge on any atom is 0.251 e. The number of benzene rings is 2. The lowest BCUT2D eigenvalue weighted by Gasteiger charge is -2.25. The lowest BCUT2D eigenvalue weighted by atomic mass is 9.99. The highest BCUT2D eigenvalue weighted by atomic mass is 16.5. The number of aryl methyl sites for hydroxylation is 1. The van der Waals surface area contributed by atoms with Crippen LogP contribution in [0.2, 0.25) is 0 Å². The Bertz CT molecular complexity index is 1120. The maximum atomic E-state index is 12.9. The molecule has 1 amide bonds. The first-order chi connectivity index (χ1) is 17.0. The zero-order valence-electron chi connectivity index (χ0n) is 21.0. The molecule has 1 aliphatic rings. The first kappa shape index (κ1) is 24.9. The van der Waals surface area contributed by atoms with E-state index in [2.05, 4.69) is 58.5 Å². The van der Waals surface area contributed by atoms with Crippen molar-refractivity contribution < 1.29 is 14.3 Å². The van der Waals surface area contributed by atoms with E-state index in [-0.39, 0.29) is 5.91 Å². The third-order valence-corrected chi connectivity index (χ3v) is 5.96. The molecule has 2 aromatic carbocycles. The fourth-order valence-corrected chi connectivity index (χ4v) is 4.41. The minimum atomic E-state index is -0.130. The van der Waals surface area contributed by atoms with Crippen molar-refractivity contribution >= 4 is 5.91 Å². The van der Waals surface area contributed by atoms with Crippen LogP contribution < -0.4 is 10.1 Å². The quantitative estimate of drug-likeness (QED) is 0.580. The zero-order valence-corrected chi connectivity index (χ0v) is 21.0. The summed E-state index contributed by atoms with van der Waals surface area (Å²) in [7, 11) is 0. The van der Waals surface area contributed by atoms with Crippen LogP contribution in [-0.4, -0.2) is 53.9 Å². The molecule has 0 saturated heterocycles. The van der Waals surface area contributed by atoms with Crippen LogP contribution in [0.5, 0.6) is 5.75 Å². The fourth-order valence-electron chi connectivity index (χ4n) is 4.41. The van der Waals surface area contributed by atoms with Crippen molar-refractivity contribution in [2.24, 2.45) is 5.92 Å². The van der Waals surface area contributed by atoms with Gasteiger partial charge in [-0.15, -0.1) is 0 Å². The largest absolute Gasteiger partial charge is 0.491 e. The topological polar surface area (TPSA) is 79.5 Å². The number of H-pyrrole nitrogens is 1. The number of rotatable bonds is 5. The highest BCUT2D eigenvalue weighted by molar-refractivity contribution is 5.94. The SMILES string of the molecule is Cc1cc(CNC(=O)c2ccc3c(c2)Cc2cccc(c2)CN(CC(C)C)CCOCCO3)n[nH]1. The van der Waals surface area contributed by atoms with Crippen LogP contribution in [0.3, 0.4) is 0 Å². The summed E-state index contributed by atoms with van der Waals surface area (Å²) >= 11 is 0. The van der Waals surface area contributed by atoms with E-state index in [1.807, 2.05) is 31.2 Å². The van der Waals surface area contributed by atoms with Crippen LogP contribution in [-0.2, 0) is 24.2 Å². The van der Waals surface area contributed by atoms with Crippen LogP contribution in [0.25, 0.3) is 0 Å². The standard InChI is InChI=1S/C28H36N4O3/c1-20(2)18-32-9-10-34-11-12-35-27-8-7-24(28(33)29-17-26-13-21(3)30-31-26)16-25(27)15-22-5-4-6-23(14-22)19-32/h4-8,13-14,16,20H,9-12,15,17-19H2,1-3H3,(H,29,33)(H,30,31). The maximum absolute atomic E-state index is 12.9. The van der Waals surface area contributed by atoms with Crippen LogP contribution in [0.1, 0.15) is 52.3 Å². The Morgan fingerprint density at radius 2 is 1.97 bits per heavy atom. The molecule has 0 spiro atoms. The van der Waals surface area contributed by atoms with E-state index in [0.29, 0.717) is 44.3 Å². The van der Waals surface area contributed by atoms with Gasteiger partial charge in [-0.1, -0.05) is 38.1 Å². The minimum absolute atomic E-state index is 0.130. The van der Waals surface area contributed by atoms with Crippen LogP contribution in [0.4, 0.5) is 0 Å². The van der Waals surface area contributed by atoms with Gasteiger partial charge in [0.05, 0.1) is 25.5 Å². The van der Waals surface area contributed by atoms with Gasteiger partial charge in [0.1, 0.15) is 12.4 Å². The van der Waals surface area contributed by atoms with Gasteiger partial charge in [-0.25, -0.2) is 0 Å². The Balaban J connectivity index is 1.54. The highest BCUT2D eigenvalue weighted by Crippen LogP contribution is 2.25. The summed E-state index contributed by atoms with van der Waals surface area (Å²) in [6.07, 6.45) is 0.688. The molecule has 2 heterocycles. The number of hydrogen-bond donors (Lipinski definition) is 2. The Morgan fingerprint density at radius 1 is 1.11 bits per heavy atom. The van der Waals surface area contributed by atoms with Gasteiger partial charge in [0, 0.05) is 37.3 Å². The Hall–Kier alpha value is -3.16. The predicted molar refractivity (Wildman–Crippen MR) is 137 cm³/mol. The molecule has 3 aromatic rings. The molecule has 7 heteroatoms. The van der Waals surface area contributed by atoms with E-state index in [0.717, 1.165) is 42.3 Å². The van der Waals surface area contributed by atoms with Gasteiger partial charge in [0.2, 0.25) is 0 Å². The lowest BCUT2D eigenvalue weighted by molar-refractivity contribution is 0.0746. The molecule has 186 valence electrons. The minimum Gasteiger partial charge on any atom is -0.491 e. The summed E-state index contributed by atoms with van der Waals surface area (Å²) in [5.41, 5.74) is 5.86. The molecule has 1 aliphatic heterocycles. The number of nitrogens with one attached hydrogen (secondary N) is 2. The number of carbonyl (C=O) groups is 1. The smallest absolute Gasteiger partial charge is 0.251 e. The summed E-state index contributed by atoms with van der Waals surface area (Å²) in [5.74, 6) is 1.25. The molecule has 0 fully saturated rings. The summed E-state index contributed by atoms with van der Waals surface area (Å²) in [5, 5.41) is 10.0. The third-order valence-electron chi connectivity index (χ3n) is 5.96. The molecular weight excluding hydrogens is 440 g/mol. The number of nitrogens with zero attached hydrogens (tertiary/aromatic N) is 2. The summed E-state index contributed by atoms with van der Waals surface area (Å²) in [6, 6.07) is 16.3. The van der Waals surface area contributed by atoms with Crippen molar-refractivity contribution in [3.05, 3.63) is 82.2 Å². The molecule has 0 aliphatic carbocycles. The molecule has 35 heavy (non-hydrogen) atoms. The van der Waals surface area contributed by atoms with E-state index in [9.17, 15) is 4.79 Å². The molecular formula is C28H36N4O3. The van der Waals surface area contributed by atoms with Gasteiger partial charge in [-0.05, 0) is 53.8 Å². The molecule has 0 radical (unpaired) electrons. The average molecular weight is 477 g/mol. The monoisotopic (exact) mass is 476 g/mol. The van der Waals surface area contributed by atoms with Crippen LogP contribution in [0, 0.1) is 12.8 Å². The number of hydrogen-bond acceptors (Lipinski definition) is 5. The Morgan fingerprint density at radius 3 is 2.77 bits per heavy atom. The van der Waals surface area contributed by atoms with Gasteiger partial charge in [-0.3, -0.25) is 14.8 Å². The second kappa shape index (κ2) is 12.0. The summed E-state index contributed by atoms with van der Waals surface area (Å²) in [4.78, 5) is 15.3. The van der Waals surface area contributed by atoms with Crippen molar-refractivity contribution in [3.8, 4) is 5.75 Å². The van der Waals surface area contributed by atoms with Gasteiger partial charge in [0.25, 0.3) is 5.91 Å². The second-order valence-corrected chi connectivity index (χ2v) is 9.63. The highest BCUT2D eigenvalue weighted by Gasteiger charge is 2.14. The Kier molecular flexibility index (Phi) is 8.55. The third kappa shape index (κ3) is 7.41.